The van der Waals surface area contributed by atoms with Crippen LogP contribution >= 0.6 is 0 Å². The van der Waals surface area contributed by atoms with Crippen LogP contribution in [0.25, 0.3) is 10.9 Å². The third-order valence-electron chi connectivity index (χ3n) is 5.33. The van der Waals surface area contributed by atoms with Crippen molar-refractivity contribution in [1.29, 1.82) is 0 Å². The molecular weight excluding hydrogens is 340 g/mol. The maximum Gasteiger partial charge on any atom is 0.261 e. The lowest BCUT2D eigenvalue weighted by Gasteiger charge is -2.33. The molecule has 0 atom stereocenters. The smallest absolute Gasteiger partial charge is 0.261 e. The molecule has 0 spiro atoms. The van der Waals surface area contributed by atoms with Gasteiger partial charge in [-0.1, -0.05) is 0 Å². The van der Waals surface area contributed by atoms with Gasteiger partial charge in [-0.3, -0.25) is 9.36 Å². The second-order valence-electron chi connectivity index (χ2n) is 7.21. The number of piperidine rings is 1. The van der Waals surface area contributed by atoms with E-state index in [1.54, 1.807) is 30.1 Å². The number of rotatable bonds is 4. The molecule has 27 heavy (non-hydrogen) atoms. The molecule has 6 nitrogen and oxygen atoms in total. The minimum absolute atomic E-state index is 0.0189. The van der Waals surface area contributed by atoms with Crippen LogP contribution in [0, 0.1) is 12.8 Å². The van der Waals surface area contributed by atoms with E-state index in [0.29, 0.717) is 29.1 Å². The third kappa shape index (κ3) is 3.65. The first-order chi connectivity index (χ1) is 13.1. The average Bonchev–Trinajstić information content (AvgIpc) is 2.70. The molecule has 2 aromatic heterocycles. The molecule has 0 unspecified atom stereocenters. The summed E-state index contributed by atoms with van der Waals surface area (Å²) in [6.07, 6.45) is 5.62. The predicted octanol–water partition coefficient (Wildman–Crippen LogP) is 3.03. The first kappa shape index (κ1) is 17.5. The normalized spacial score (nSPS) is 15.3. The van der Waals surface area contributed by atoms with Gasteiger partial charge in [0.1, 0.15) is 11.6 Å². The van der Waals surface area contributed by atoms with Crippen molar-refractivity contribution in [3.63, 3.8) is 0 Å². The zero-order valence-electron chi connectivity index (χ0n) is 15.8. The lowest BCUT2D eigenvalue weighted by molar-refractivity contribution is 0.351. The van der Waals surface area contributed by atoms with Gasteiger partial charge in [0.25, 0.3) is 5.56 Å². The van der Waals surface area contributed by atoms with Crippen molar-refractivity contribution in [2.45, 2.75) is 26.3 Å². The van der Waals surface area contributed by atoms with Crippen LogP contribution in [0.3, 0.4) is 0 Å². The van der Waals surface area contributed by atoms with E-state index in [-0.39, 0.29) is 5.56 Å². The first-order valence-electron chi connectivity index (χ1n) is 9.35. The summed E-state index contributed by atoms with van der Waals surface area (Å²) in [7, 11) is 1.61. The Morgan fingerprint density at radius 3 is 2.70 bits per heavy atom. The molecular formula is C21H24N4O2. The van der Waals surface area contributed by atoms with Gasteiger partial charge in [0.2, 0.25) is 0 Å². The number of methoxy groups -OCH3 is 1. The number of aryl methyl sites for hydroxylation is 1. The number of hydrogen-bond donors (Lipinski definition) is 0. The van der Waals surface area contributed by atoms with E-state index >= 15 is 0 Å². The lowest BCUT2D eigenvalue weighted by Crippen LogP contribution is -2.36. The van der Waals surface area contributed by atoms with Gasteiger partial charge in [-0.2, -0.15) is 0 Å². The summed E-state index contributed by atoms with van der Waals surface area (Å²) >= 11 is 0. The minimum Gasteiger partial charge on any atom is -0.497 e. The largest absolute Gasteiger partial charge is 0.497 e. The number of anilines is 1. The Bertz CT molecular complexity index is 1010. The standard InChI is InChI=1S/C21H24N4O2/c1-15-5-8-22-20(11-15)24-9-6-16(7-10-24)13-25-14-23-19-12-17(27-2)3-4-18(19)21(25)26/h3-5,8,11-12,14,16H,6-7,9-10,13H2,1-2H3. The minimum atomic E-state index is 0.0189. The summed E-state index contributed by atoms with van der Waals surface area (Å²) < 4.78 is 6.96. The summed E-state index contributed by atoms with van der Waals surface area (Å²) in [5.74, 6) is 2.23. The quantitative estimate of drug-likeness (QED) is 0.712. The Hall–Kier alpha value is -2.89. The van der Waals surface area contributed by atoms with E-state index in [2.05, 4.69) is 27.9 Å². The summed E-state index contributed by atoms with van der Waals surface area (Å²) in [5, 5.41) is 0.639. The van der Waals surface area contributed by atoms with Crippen LogP contribution in [0.4, 0.5) is 5.82 Å². The van der Waals surface area contributed by atoms with E-state index in [4.69, 9.17) is 4.74 Å². The lowest BCUT2D eigenvalue weighted by atomic mass is 9.96. The van der Waals surface area contributed by atoms with Crippen molar-refractivity contribution in [3.8, 4) is 5.75 Å². The molecule has 0 N–H and O–H groups in total. The van der Waals surface area contributed by atoms with Crippen LogP contribution in [-0.2, 0) is 6.54 Å². The fraction of sp³-hybridized carbons (Fsp3) is 0.381. The number of hydrogen-bond acceptors (Lipinski definition) is 5. The van der Waals surface area contributed by atoms with Crippen molar-refractivity contribution in [2.75, 3.05) is 25.1 Å². The van der Waals surface area contributed by atoms with Crippen LogP contribution in [-0.4, -0.2) is 34.7 Å². The maximum absolute atomic E-state index is 12.8. The number of fused-ring (bicyclic) bond motifs is 1. The van der Waals surface area contributed by atoms with E-state index in [0.717, 1.165) is 31.7 Å². The highest BCUT2D eigenvalue weighted by molar-refractivity contribution is 5.78. The second kappa shape index (κ2) is 7.39. The van der Waals surface area contributed by atoms with E-state index in [9.17, 15) is 4.79 Å². The van der Waals surface area contributed by atoms with Gasteiger partial charge in [-0.25, -0.2) is 9.97 Å². The van der Waals surface area contributed by atoms with E-state index in [1.165, 1.54) is 5.56 Å². The third-order valence-corrected chi connectivity index (χ3v) is 5.33. The summed E-state index contributed by atoms with van der Waals surface area (Å²) in [5.41, 5.74) is 1.92. The average molecular weight is 364 g/mol. The Labute approximate surface area is 158 Å². The molecule has 1 aliphatic heterocycles. The zero-order valence-corrected chi connectivity index (χ0v) is 15.8. The van der Waals surface area contributed by atoms with Crippen molar-refractivity contribution in [3.05, 3.63) is 58.8 Å². The number of ether oxygens (including phenoxy) is 1. The Balaban J connectivity index is 1.46. The monoisotopic (exact) mass is 364 g/mol. The molecule has 0 bridgehead atoms. The predicted molar refractivity (Wildman–Crippen MR) is 106 cm³/mol. The fourth-order valence-corrected chi connectivity index (χ4v) is 3.71. The highest BCUT2D eigenvalue weighted by atomic mass is 16.5. The van der Waals surface area contributed by atoms with Crippen LogP contribution in [0.5, 0.6) is 5.75 Å². The summed E-state index contributed by atoms with van der Waals surface area (Å²) in [4.78, 5) is 24.1. The number of aromatic nitrogens is 3. The van der Waals surface area contributed by atoms with Gasteiger partial charge in [0, 0.05) is 31.9 Å². The SMILES string of the molecule is COc1ccc2c(=O)n(CC3CCN(c4cc(C)ccn4)CC3)cnc2c1. The highest BCUT2D eigenvalue weighted by Gasteiger charge is 2.21. The molecule has 0 radical (unpaired) electrons. The molecule has 1 saturated heterocycles. The van der Waals surface area contributed by atoms with E-state index < -0.39 is 0 Å². The van der Waals surface area contributed by atoms with Crippen molar-refractivity contribution < 1.29 is 4.74 Å². The molecule has 0 saturated carbocycles. The van der Waals surface area contributed by atoms with Crippen LogP contribution in [0.2, 0.25) is 0 Å². The zero-order chi connectivity index (χ0) is 18.8. The van der Waals surface area contributed by atoms with Gasteiger partial charge in [0.05, 0.1) is 24.3 Å². The topological polar surface area (TPSA) is 60.2 Å². The highest BCUT2D eigenvalue weighted by Crippen LogP contribution is 2.23. The Kier molecular flexibility index (Phi) is 4.79. The molecule has 6 heteroatoms. The number of benzene rings is 1. The number of nitrogens with zero attached hydrogens (tertiary/aromatic N) is 4. The van der Waals surface area contributed by atoms with Gasteiger partial charge in [-0.15, -0.1) is 0 Å². The van der Waals surface area contributed by atoms with Crippen LogP contribution in [0.1, 0.15) is 18.4 Å². The summed E-state index contributed by atoms with van der Waals surface area (Å²) in [6, 6.07) is 9.56. The van der Waals surface area contributed by atoms with Crippen LogP contribution < -0.4 is 15.2 Å². The van der Waals surface area contributed by atoms with Gasteiger partial charge >= 0.3 is 0 Å². The van der Waals surface area contributed by atoms with Gasteiger partial charge in [0.15, 0.2) is 0 Å². The van der Waals surface area contributed by atoms with Crippen LogP contribution in [0.15, 0.2) is 47.7 Å². The second-order valence-corrected chi connectivity index (χ2v) is 7.21. The summed E-state index contributed by atoms with van der Waals surface area (Å²) in [6.45, 7) is 4.73. The molecule has 1 aliphatic rings. The molecule has 3 heterocycles. The van der Waals surface area contributed by atoms with Crippen molar-refractivity contribution >= 4 is 16.7 Å². The molecule has 1 aromatic carbocycles. The Morgan fingerprint density at radius 1 is 1.15 bits per heavy atom. The molecule has 3 aromatic rings. The number of pyridine rings is 1. The Morgan fingerprint density at radius 2 is 1.96 bits per heavy atom. The molecule has 4 rings (SSSR count). The molecule has 0 aliphatic carbocycles. The molecule has 1 fully saturated rings. The fourth-order valence-electron chi connectivity index (χ4n) is 3.71. The van der Waals surface area contributed by atoms with Gasteiger partial charge < -0.3 is 9.64 Å². The van der Waals surface area contributed by atoms with E-state index in [1.807, 2.05) is 18.3 Å². The van der Waals surface area contributed by atoms with Gasteiger partial charge in [-0.05, 0) is 55.5 Å². The molecule has 0 amide bonds. The maximum atomic E-state index is 12.8. The first-order valence-corrected chi connectivity index (χ1v) is 9.35. The van der Waals surface area contributed by atoms with Crippen molar-refractivity contribution in [1.82, 2.24) is 14.5 Å². The molecule has 140 valence electrons. The van der Waals surface area contributed by atoms with Crippen molar-refractivity contribution in [2.24, 2.45) is 5.92 Å².